The summed E-state index contributed by atoms with van der Waals surface area (Å²) in [5.41, 5.74) is 5.70. The van der Waals surface area contributed by atoms with Gasteiger partial charge in [0.2, 0.25) is 0 Å². The minimum Gasteiger partial charge on any atom is -0.393 e. The van der Waals surface area contributed by atoms with E-state index < -0.39 is 29.9 Å². The lowest BCUT2D eigenvalue weighted by atomic mass is 10.1. The monoisotopic (exact) mass is 479 g/mol. The summed E-state index contributed by atoms with van der Waals surface area (Å²) in [6.45, 7) is 7.38. The molecular formula is C27H45NO6. The van der Waals surface area contributed by atoms with Crippen molar-refractivity contribution >= 4 is 23.9 Å². The van der Waals surface area contributed by atoms with Crippen molar-refractivity contribution in [1.82, 2.24) is 0 Å². The first-order valence-electron chi connectivity index (χ1n) is 12.9. The van der Waals surface area contributed by atoms with E-state index in [1.807, 2.05) is 12.2 Å². The van der Waals surface area contributed by atoms with Gasteiger partial charge in [-0.1, -0.05) is 63.5 Å². The average molecular weight is 480 g/mol. The van der Waals surface area contributed by atoms with Crippen LogP contribution in [0, 0.1) is 0 Å². The molecule has 0 aliphatic rings. The van der Waals surface area contributed by atoms with Crippen molar-refractivity contribution in [2.45, 2.75) is 122 Å². The van der Waals surface area contributed by atoms with Crippen molar-refractivity contribution in [3.8, 4) is 0 Å². The highest BCUT2D eigenvalue weighted by Crippen LogP contribution is 2.11. The van der Waals surface area contributed by atoms with Crippen LogP contribution < -0.4 is 5.73 Å². The van der Waals surface area contributed by atoms with Crippen LogP contribution in [0.25, 0.3) is 0 Å². The molecule has 0 aliphatic carbocycles. The van der Waals surface area contributed by atoms with Gasteiger partial charge in [-0.3, -0.25) is 14.4 Å². The summed E-state index contributed by atoms with van der Waals surface area (Å²) < 4.78 is 9.51. The molecule has 0 amide bonds. The van der Waals surface area contributed by atoms with Gasteiger partial charge in [0.05, 0.1) is 0 Å². The van der Waals surface area contributed by atoms with E-state index in [1.165, 1.54) is 0 Å². The van der Waals surface area contributed by atoms with Crippen LogP contribution in [0.15, 0.2) is 25.3 Å². The van der Waals surface area contributed by atoms with E-state index in [1.54, 1.807) is 0 Å². The Balaban J connectivity index is 3.79. The molecule has 194 valence electrons. The Morgan fingerprint density at radius 3 is 1.44 bits per heavy atom. The Labute approximate surface area is 205 Å². The maximum atomic E-state index is 11.9. The summed E-state index contributed by atoms with van der Waals surface area (Å²) >= 11 is 0. The predicted octanol–water partition coefficient (Wildman–Crippen LogP) is 5.85. The van der Waals surface area contributed by atoms with Crippen LogP contribution in [0.3, 0.4) is 0 Å². The first-order valence-corrected chi connectivity index (χ1v) is 12.9. The number of ether oxygens (including phenoxy) is 2. The van der Waals surface area contributed by atoms with Gasteiger partial charge >= 0.3 is 23.9 Å². The number of carbonyl (C=O) groups excluding carboxylic acids is 4. The first kappa shape index (κ1) is 31.7. The second-order valence-electron chi connectivity index (χ2n) is 8.68. The molecule has 0 bridgehead atoms. The number of carbonyl (C=O) groups is 4. The van der Waals surface area contributed by atoms with Gasteiger partial charge in [0, 0.05) is 19.3 Å². The summed E-state index contributed by atoms with van der Waals surface area (Å²) in [5, 5.41) is 0. The molecule has 34 heavy (non-hydrogen) atoms. The van der Waals surface area contributed by atoms with Crippen LogP contribution in [0.1, 0.15) is 116 Å². The lowest BCUT2D eigenvalue weighted by Gasteiger charge is -2.10. The maximum Gasteiger partial charge on any atom is 0.330 e. The highest BCUT2D eigenvalue weighted by molar-refractivity contribution is 5.89. The molecule has 0 aromatic heterocycles. The molecule has 1 unspecified atom stereocenters. The lowest BCUT2D eigenvalue weighted by Crippen LogP contribution is -2.34. The third-order valence-electron chi connectivity index (χ3n) is 5.48. The zero-order valence-corrected chi connectivity index (χ0v) is 20.9. The van der Waals surface area contributed by atoms with Crippen molar-refractivity contribution in [2.24, 2.45) is 5.73 Å². The molecule has 0 saturated heterocycles. The number of esters is 4. The number of unbranched alkanes of at least 4 members (excludes halogenated alkanes) is 12. The third-order valence-corrected chi connectivity index (χ3v) is 5.48. The van der Waals surface area contributed by atoms with E-state index in [0.717, 1.165) is 77.0 Å². The van der Waals surface area contributed by atoms with E-state index in [2.05, 4.69) is 13.2 Å². The fourth-order valence-electron chi connectivity index (χ4n) is 3.39. The average Bonchev–Trinajstić information content (AvgIpc) is 2.80. The van der Waals surface area contributed by atoms with E-state index in [0.29, 0.717) is 12.8 Å². The quantitative estimate of drug-likeness (QED) is 0.0897. The summed E-state index contributed by atoms with van der Waals surface area (Å²) in [6, 6.07) is -1.11. The molecule has 0 aromatic rings. The standard InChI is InChI=1S/C27H45NO6/c1-3-5-7-9-11-13-15-17-19-24(29)33-26(31)22-21-23(28)27(32)34-25(30)20-18-16-14-12-10-8-6-4-2/h3-4,23H,1-2,5-22,28H2. The molecule has 7 heteroatoms. The lowest BCUT2D eigenvalue weighted by molar-refractivity contribution is -0.160. The van der Waals surface area contributed by atoms with Crippen molar-refractivity contribution in [3.05, 3.63) is 25.3 Å². The maximum absolute atomic E-state index is 11.9. The SMILES string of the molecule is C=CCCCCCCCCC(=O)OC(=O)CCC(N)C(=O)OC(=O)CCCCCCCCC=C. The molecule has 0 aliphatic heterocycles. The summed E-state index contributed by atoms with van der Waals surface area (Å²) in [4.78, 5) is 47.2. The molecule has 0 heterocycles. The van der Waals surface area contributed by atoms with Gasteiger partial charge in [-0.2, -0.15) is 0 Å². The largest absolute Gasteiger partial charge is 0.393 e. The Bertz CT molecular complexity index is 616. The molecule has 0 radical (unpaired) electrons. The minimum atomic E-state index is -1.11. The molecule has 0 fully saturated rings. The molecule has 7 nitrogen and oxygen atoms in total. The van der Waals surface area contributed by atoms with Crippen LogP contribution in [0.2, 0.25) is 0 Å². The number of hydrogen-bond donors (Lipinski definition) is 1. The molecule has 2 N–H and O–H groups in total. The Morgan fingerprint density at radius 1 is 0.588 bits per heavy atom. The van der Waals surface area contributed by atoms with Gasteiger partial charge < -0.3 is 15.2 Å². The molecular weight excluding hydrogens is 434 g/mol. The second-order valence-corrected chi connectivity index (χ2v) is 8.68. The highest BCUT2D eigenvalue weighted by Gasteiger charge is 2.21. The number of hydrogen-bond acceptors (Lipinski definition) is 7. The number of allylic oxidation sites excluding steroid dienone is 2. The Kier molecular flexibility index (Phi) is 21.0. The van der Waals surface area contributed by atoms with E-state index in [9.17, 15) is 19.2 Å². The number of nitrogens with two attached hydrogens (primary N) is 1. The fraction of sp³-hybridized carbons (Fsp3) is 0.704. The third kappa shape index (κ3) is 20.3. The van der Waals surface area contributed by atoms with Crippen LogP contribution in [0.5, 0.6) is 0 Å². The molecule has 0 spiro atoms. The normalized spacial score (nSPS) is 11.4. The van der Waals surface area contributed by atoms with E-state index in [-0.39, 0.29) is 25.7 Å². The molecule has 0 saturated carbocycles. The zero-order chi connectivity index (χ0) is 25.4. The minimum absolute atomic E-state index is 0.0480. The predicted molar refractivity (Wildman–Crippen MR) is 134 cm³/mol. The van der Waals surface area contributed by atoms with Gasteiger partial charge in [-0.25, -0.2) is 4.79 Å². The Hall–Kier alpha value is -2.28. The van der Waals surface area contributed by atoms with Crippen molar-refractivity contribution in [3.63, 3.8) is 0 Å². The Morgan fingerprint density at radius 2 is 0.971 bits per heavy atom. The van der Waals surface area contributed by atoms with Crippen LogP contribution in [0.4, 0.5) is 0 Å². The fourth-order valence-corrected chi connectivity index (χ4v) is 3.39. The summed E-state index contributed by atoms with van der Waals surface area (Å²) in [6.07, 6.45) is 18.0. The van der Waals surface area contributed by atoms with Gasteiger partial charge in [0.1, 0.15) is 6.04 Å². The molecule has 0 rings (SSSR count). The topological polar surface area (TPSA) is 113 Å². The smallest absolute Gasteiger partial charge is 0.330 e. The number of rotatable bonds is 22. The highest BCUT2D eigenvalue weighted by atomic mass is 16.6. The van der Waals surface area contributed by atoms with E-state index in [4.69, 9.17) is 15.2 Å². The van der Waals surface area contributed by atoms with Gasteiger partial charge in [0.15, 0.2) is 0 Å². The molecule has 1 atom stereocenters. The summed E-state index contributed by atoms with van der Waals surface area (Å²) in [5.74, 6) is -2.76. The summed E-state index contributed by atoms with van der Waals surface area (Å²) in [7, 11) is 0. The zero-order valence-electron chi connectivity index (χ0n) is 20.9. The second kappa shape index (κ2) is 22.5. The van der Waals surface area contributed by atoms with E-state index >= 15 is 0 Å². The van der Waals surface area contributed by atoms with Crippen LogP contribution >= 0.6 is 0 Å². The van der Waals surface area contributed by atoms with Crippen LogP contribution in [-0.2, 0) is 28.7 Å². The molecule has 0 aromatic carbocycles. The van der Waals surface area contributed by atoms with Crippen molar-refractivity contribution < 1.29 is 28.7 Å². The van der Waals surface area contributed by atoms with Gasteiger partial charge in [-0.15, -0.1) is 13.2 Å². The van der Waals surface area contributed by atoms with Gasteiger partial charge in [0.25, 0.3) is 0 Å². The van der Waals surface area contributed by atoms with Crippen LogP contribution in [-0.4, -0.2) is 29.9 Å². The van der Waals surface area contributed by atoms with Gasteiger partial charge in [-0.05, 0) is 44.9 Å². The first-order chi connectivity index (χ1) is 16.4. The van der Waals surface area contributed by atoms with Crippen molar-refractivity contribution in [1.29, 1.82) is 0 Å². The van der Waals surface area contributed by atoms with Crippen molar-refractivity contribution in [2.75, 3.05) is 0 Å².